The summed E-state index contributed by atoms with van der Waals surface area (Å²) in [5.74, 6) is 0.0243. The molecule has 0 bridgehead atoms. The van der Waals surface area contributed by atoms with Crippen LogP contribution < -0.4 is 5.56 Å². The fraction of sp³-hybridized carbons (Fsp3) is 0.353. The Morgan fingerprint density at radius 1 is 1.27 bits per heavy atom. The minimum Gasteiger partial charge on any atom is -0.396 e. The topological polar surface area (TPSA) is 83.8 Å². The van der Waals surface area contributed by atoms with Crippen molar-refractivity contribution in [1.29, 1.82) is 0 Å². The number of H-pyrrole nitrogens is 1. The summed E-state index contributed by atoms with van der Waals surface area (Å²) in [5.41, 5.74) is 0.239. The Morgan fingerprint density at radius 2 is 1.92 bits per heavy atom. The smallest absolute Gasteiger partial charge is 0.396 e. The molecule has 2 heterocycles. The zero-order valence-corrected chi connectivity index (χ0v) is 14.1. The van der Waals surface area contributed by atoms with Gasteiger partial charge in [0.15, 0.2) is 5.65 Å². The lowest BCUT2D eigenvalue weighted by atomic mass is 10.1. The zero-order valence-electron chi connectivity index (χ0n) is 14.1. The predicted octanol–water partition coefficient (Wildman–Crippen LogP) is 2.59. The number of halogens is 3. The largest absolute Gasteiger partial charge is 0.416 e. The van der Waals surface area contributed by atoms with Gasteiger partial charge in [-0.05, 0) is 24.6 Å². The maximum absolute atomic E-state index is 12.7. The van der Waals surface area contributed by atoms with Crippen molar-refractivity contribution in [3.63, 3.8) is 0 Å². The second kappa shape index (κ2) is 6.56. The number of aliphatic hydroxyl groups excluding tert-OH is 1. The Morgan fingerprint density at radius 3 is 2.50 bits per heavy atom. The monoisotopic (exact) mass is 366 g/mol. The molecule has 0 spiro atoms. The third kappa shape index (κ3) is 3.34. The zero-order chi connectivity index (χ0) is 19.1. The maximum atomic E-state index is 12.7. The molecule has 0 aliphatic carbocycles. The van der Waals surface area contributed by atoms with Crippen molar-refractivity contribution in [2.45, 2.75) is 32.5 Å². The van der Waals surface area contributed by atoms with E-state index in [1.54, 1.807) is 13.8 Å². The molecule has 1 aromatic carbocycles. The number of aromatic amines is 1. The molecule has 2 aromatic heterocycles. The SMILES string of the molecule is Cc1nc2c(c(C(C)CO)nn2Cc2ccc(C(F)(F)F)cc2)c(=O)[nH]1. The highest BCUT2D eigenvalue weighted by Gasteiger charge is 2.30. The van der Waals surface area contributed by atoms with Crippen LogP contribution in [0, 0.1) is 6.92 Å². The Bertz CT molecular complexity index is 990. The summed E-state index contributed by atoms with van der Waals surface area (Å²) in [5, 5.41) is 14.1. The van der Waals surface area contributed by atoms with Gasteiger partial charge in [0.25, 0.3) is 5.56 Å². The highest BCUT2D eigenvalue weighted by Crippen LogP contribution is 2.29. The first-order chi connectivity index (χ1) is 12.2. The van der Waals surface area contributed by atoms with E-state index in [2.05, 4.69) is 15.1 Å². The van der Waals surface area contributed by atoms with E-state index in [1.165, 1.54) is 16.8 Å². The summed E-state index contributed by atoms with van der Waals surface area (Å²) < 4.78 is 39.5. The number of nitrogens with zero attached hydrogens (tertiary/aromatic N) is 3. The van der Waals surface area contributed by atoms with Crippen LogP contribution in [-0.4, -0.2) is 31.5 Å². The van der Waals surface area contributed by atoms with E-state index in [0.717, 1.165) is 12.1 Å². The average Bonchev–Trinajstić information content (AvgIpc) is 2.92. The van der Waals surface area contributed by atoms with Crippen molar-refractivity contribution in [2.24, 2.45) is 0 Å². The van der Waals surface area contributed by atoms with E-state index in [-0.39, 0.29) is 30.0 Å². The molecule has 138 valence electrons. The number of nitrogens with one attached hydrogen (secondary N) is 1. The van der Waals surface area contributed by atoms with Crippen LogP contribution >= 0.6 is 0 Å². The summed E-state index contributed by atoms with van der Waals surface area (Å²) in [6.45, 7) is 3.32. The quantitative estimate of drug-likeness (QED) is 0.743. The number of aliphatic hydroxyl groups is 1. The van der Waals surface area contributed by atoms with Crippen LogP contribution in [0.25, 0.3) is 11.0 Å². The lowest BCUT2D eigenvalue weighted by Gasteiger charge is -2.08. The van der Waals surface area contributed by atoms with Crippen molar-refractivity contribution < 1.29 is 18.3 Å². The van der Waals surface area contributed by atoms with E-state index < -0.39 is 11.7 Å². The van der Waals surface area contributed by atoms with Crippen LogP contribution in [0.5, 0.6) is 0 Å². The molecule has 2 N–H and O–H groups in total. The molecule has 9 heteroatoms. The molecule has 0 saturated carbocycles. The summed E-state index contributed by atoms with van der Waals surface area (Å²) in [6.07, 6.45) is -4.40. The van der Waals surface area contributed by atoms with Crippen molar-refractivity contribution >= 4 is 11.0 Å². The van der Waals surface area contributed by atoms with Crippen LogP contribution in [0.2, 0.25) is 0 Å². The van der Waals surface area contributed by atoms with Crippen molar-refractivity contribution in [2.75, 3.05) is 6.61 Å². The summed E-state index contributed by atoms with van der Waals surface area (Å²) in [4.78, 5) is 19.2. The van der Waals surface area contributed by atoms with Gasteiger partial charge in [0, 0.05) is 5.92 Å². The first kappa shape index (κ1) is 18.1. The van der Waals surface area contributed by atoms with Crippen molar-refractivity contribution in [3.8, 4) is 0 Å². The molecule has 0 fully saturated rings. The Kier molecular flexibility index (Phi) is 4.57. The molecule has 3 rings (SSSR count). The van der Waals surface area contributed by atoms with Gasteiger partial charge in [0.05, 0.1) is 24.4 Å². The molecule has 3 aromatic rings. The molecule has 0 radical (unpaired) electrons. The van der Waals surface area contributed by atoms with Gasteiger partial charge in [-0.2, -0.15) is 18.3 Å². The molecule has 0 aliphatic rings. The van der Waals surface area contributed by atoms with E-state index in [9.17, 15) is 23.1 Å². The van der Waals surface area contributed by atoms with Gasteiger partial charge in [-0.25, -0.2) is 9.67 Å². The minimum absolute atomic E-state index is 0.155. The number of fused-ring (bicyclic) bond motifs is 1. The third-order valence-electron chi connectivity index (χ3n) is 4.10. The van der Waals surface area contributed by atoms with Crippen molar-refractivity contribution in [1.82, 2.24) is 19.7 Å². The van der Waals surface area contributed by atoms with Crippen LogP contribution in [-0.2, 0) is 12.7 Å². The molecular formula is C17H17F3N4O2. The summed E-state index contributed by atoms with van der Waals surface area (Å²) in [6, 6.07) is 4.74. The number of alkyl halides is 3. The molecule has 26 heavy (non-hydrogen) atoms. The number of rotatable bonds is 4. The van der Waals surface area contributed by atoms with Crippen LogP contribution in [0.4, 0.5) is 13.2 Å². The first-order valence-electron chi connectivity index (χ1n) is 7.95. The lowest BCUT2D eigenvalue weighted by Crippen LogP contribution is -2.12. The predicted molar refractivity (Wildman–Crippen MR) is 88.9 cm³/mol. The van der Waals surface area contributed by atoms with Gasteiger partial charge in [0.1, 0.15) is 11.2 Å². The number of hydrogen-bond donors (Lipinski definition) is 2. The minimum atomic E-state index is -4.40. The second-order valence-corrected chi connectivity index (χ2v) is 6.17. The molecule has 0 amide bonds. The Balaban J connectivity index is 2.06. The Labute approximate surface area is 146 Å². The van der Waals surface area contributed by atoms with E-state index in [1.807, 2.05) is 0 Å². The lowest BCUT2D eigenvalue weighted by molar-refractivity contribution is -0.137. The highest BCUT2D eigenvalue weighted by atomic mass is 19.4. The number of benzene rings is 1. The molecule has 1 unspecified atom stereocenters. The summed E-state index contributed by atoms with van der Waals surface area (Å²) >= 11 is 0. The maximum Gasteiger partial charge on any atom is 0.416 e. The highest BCUT2D eigenvalue weighted by molar-refractivity contribution is 5.78. The first-order valence-corrected chi connectivity index (χ1v) is 7.95. The second-order valence-electron chi connectivity index (χ2n) is 6.17. The molecule has 1 atom stereocenters. The van der Waals surface area contributed by atoms with E-state index in [0.29, 0.717) is 22.7 Å². The average molecular weight is 366 g/mol. The fourth-order valence-corrected chi connectivity index (χ4v) is 2.73. The number of hydrogen-bond acceptors (Lipinski definition) is 4. The normalized spacial score (nSPS) is 13.3. The van der Waals surface area contributed by atoms with Gasteiger partial charge < -0.3 is 10.1 Å². The molecule has 0 saturated heterocycles. The van der Waals surface area contributed by atoms with Crippen LogP contribution in [0.1, 0.15) is 35.5 Å². The molecular weight excluding hydrogens is 349 g/mol. The molecule has 6 nitrogen and oxygen atoms in total. The van der Waals surface area contributed by atoms with Crippen LogP contribution in [0.3, 0.4) is 0 Å². The van der Waals surface area contributed by atoms with Gasteiger partial charge >= 0.3 is 6.18 Å². The third-order valence-corrected chi connectivity index (χ3v) is 4.10. The van der Waals surface area contributed by atoms with Gasteiger partial charge in [-0.3, -0.25) is 4.79 Å². The molecule has 0 aliphatic heterocycles. The summed E-state index contributed by atoms with van der Waals surface area (Å²) in [7, 11) is 0. The van der Waals surface area contributed by atoms with Gasteiger partial charge in [-0.15, -0.1) is 0 Å². The van der Waals surface area contributed by atoms with Crippen molar-refractivity contribution in [3.05, 3.63) is 57.3 Å². The Hall–Kier alpha value is -2.68. The van der Waals surface area contributed by atoms with Gasteiger partial charge in [-0.1, -0.05) is 19.1 Å². The standard InChI is InChI=1S/C17H17F3N4O2/c1-9(8-25)14-13-15(21-10(2)22-16(13)26)24(23-14)7-11-3-5-12(6-4-11)17(18,19)20/h3-6,9,25H,7-8H2,1-2H3,(H,21,22,26). The van der Waals surface area contributed by atoms with E-state index in [4.69, 9.17) is 0 Å². The number of aromatic nitrogens is 4. The van der Waals surface area contributed by atoms with E-state index >= 15 is 0 Å². The fourth-order valence-electron chi connectivity index (χ4n) is 2.73. The number of aryl methyl sites for hydroxylation is 1. The van der Waals surface area contributed by atoms with Gasteiger partial charge in [0.2, 0.25) is 0 Å². The van der Waals surface area contributed by atoms with Crippen LogP contribution in [0.15, 0.2) is 29.1 Å².